The van der Waals surface area contributed by atoms with Crippen molar-refractivity contribution in [1.82, 2.24) is 5.32 Å². The summed E-state index contributed by atoms with van der Waals surface area (Å²) in [6.45, 7) is 4.63. The molecule has 0 bridgehead atoms. The molecule has 154 valence electrons. The topological polar surface area (TPSA) is 66.4 Å². The van der Waals surface area contributed by atoms with Gasteiger partial charge in [0.05, 0.1) is 11.3 Å². The third kappa shape index (κ3) is 4.87. The lowest BCUT2D eigenvalue weighted by atomic mass is 9.78. The van der Waals surface area contributed by atoms with Gasteiger partial charge in [0, 0.05) is 18.0 Å². The van der Waals surface area contributed by atoms with Crippen LogP contribution >= 0.6 is 0 Å². The molecule has 2 N–H and O–H groups in total. The van der Waals surface area contributed by atoms with Crippen molar-refractivity contribution in [3.63, 3.8) is 0 Å². The number of hydrogen-bond acceptors (Lipinski definition) is 4. The van der Waals surface area contributed by atoms with Crippen LogP contribution in [0.2, 0.25) is 0 Å². The van der Waals surface area contributed by atoms with E-state index in [4.69, 9.17) is 0 Å². The minimum atomic E-state index is -0.532. The van der Waals surface area contributed by atoms with Crippen LogP contribution in [0, 0.1) is 5.92 Å². The summed E-state index contributed by atoms with van der Waals surface area (Å²) < 4.78 is 0. The fraction of sp³-hybridized carbons (Fsp3) is 0.440. The lowest BCUT2D eigenvalue weighted by Crippen LogP contribution is -2.34. The maximum absolute atomic E-state index is 13.0. The van der Waals surface area contributed by atoms with Crippen molar-refractivity contribution < 1.29 is 14.7 Å². The van der Waals surface area contributed by atoms with Crippen LogP contribution in [-0.2, 0) is 16.1 Å². The predicted octanol–water partition coefficient (Wildman–Crippen LogP) is 5.32. The molecule has 0 fully saturated rings. The molecular formula is C25H31NO3. The SMILES string of the molecule is CCCCCC1=C(NCc2ccccc2)C(O)=C(C2C=C(C)CCC2)C(=O)C1=O. The highest BCUT2D eigenvalue weighted by atomic mass is 16.3. The quantitative estimate of drug-likeness (QED) is 0.271. The molecule has 29 heavy (non-hydrogen) atoms. The third-order valence-electron chi connectivity index (χ3n) is 5.80. The Bertz CT molecular complexity index is 861. The minimum absolute atomic E-state index is 0.0343. The molecule has 0 aliphatic heterocycles. The molecule has 0 amide bonds. The summed E-state index contributed by atoms with van der Waals surface area (Å²) in [4.78, 5) is 26.0. The predicted molar refractivity (Wildman–Crippen MR) is 115 cm³/mol. The van der Waals surface area contributed by atoms with Crippen molar-refractivity contribution in [3.8, 4) is 0 Å². The minimum Gasteiger partial charge on any atom is -0.505 e. The molecule has 4 nitrogen and oxygen atoms in total. The molecule has 1 atom stereocenters. The molecule has 1 aromatic carbocycles. The molecule has 0 aromatic heterocycles. The monoisotopic (exact) mass is 393 g/mol. The van der Waals surface area contributed by atoms with E-state index in [9.17, 15) is 14.7 Å². The van der Waals surface area contributed by atoms with E-state index >= 15 is 0 Å². The zero-order valence-corrected chi connectivity index (χ0v) is 17.5. The number of hydrogen-bond donors (Lipinski definition) is 2. The van der Waals surface area contributed by atoms with E-state index in [-0.39, 0.29) is 17.3 Å². The van der Waals surface area contributed by atoms with Crippen molar-refractivity contribution in [2.24, 2.45) is 5.92 Å². The van der Waals surface area contributed by atoms with Crippen LogP contribution in [0.15, 0.2) is 64.6 Å². The largest absolute Gasteiger partial charge is 0.505 e. The van der Waals surface area contributed by atoms with Gasteiger partial charge in [-0.2, -0.15) is 0 Å². The first-order valence-electron chi connectivity index (χ1n) is 10.7. The molecule has 0 saturated carbocycles. The Morgan fingerprint density at radius 1 is 1.10 bits per heavy atom. The van der Waals surface area contributed by atoms with E-state index < -0.39 is 11.6 Å². The fourth-order valence-corrected chi connectivity index (χ4v) is 4.21. The number of aliphatic hydroxyl groups excluding tert-OH is 1. The zero-order valence-electron chi connectivity index (χ0n) is 17.5. The van der Waals surface area contributed by atoms with Gasteiger partial charge in [-0.1, -0.05) is 61.7 Å². The van der Waals surface area contributed by atoms with Crippen molar-refractivity contribution >= 4 is 11.6 Å². The highest BCUT2D eigenvalue weighted by Crippen LogP contribution is 2.36. The molecule has 1 aromatic rings. The lowest BCUT2D eigenvalue weighted by molar-refractivity contribution is -0.133. The van der Waals surface area contributed by atoms with Gasteiger partial charge in [0.15, 0.2) is 0 Å². The number of benzene rings is 1. The van der Waals surface area contributed by atoms with E-state index in [0.29, 0.717) is 24.2 Å². The van der Waals surface area contributed by atoms with Gasteiger partial charge in [-0.15, -0.1) is 0 Å². The Kier molecular flexibility index (Phi) is 7.08. The molecule has 0 saturated heterocycles. The van der Waals surface area contributed by atoms with Crippen LogP contribution in [0.3, 0.4) is 0 Å². The van der Waals surface area contributed by atoms with Crippen molar-refractivity contribution in [3.05, 3.63) is 70.1 Å². The Morgan fingerprint density at radius 2 is 1.86 bits per heavy atom. The average Bonchev–Trinajstić information content (AvgIpc) is 2.72. The Balaban J connectivity index is 1.97. The first-order valence-corrected chi connectivity index (χ1v) is 10.7. The van der Waals surface area contributed by atoms with Gasteiger partial charge in [-0.3, -0.25) is 9.59 Å². The number of carbonyl (C=O) groups is 2. The molecular weight excluding hydrogens is 362 g/mol. The molecule has 0 spiro atoms. The summed E-state index contributed by atoms with van der Waals surface area (Å²) in [7, 11) is 0. The standard InChI is InChI=1S/C25H31NO3/c1-3-4-6-14-20-22(26-16-18-11-7-5-8-12-18)24(28)21(25(29)23(20)27)19-13-9-10-17(2)15-19/h5,7-8,11-12,15,19,26,28H,3-4,6,9-10,13-14,16H2,1-2H3. The first kappa shape index (κ1) is 21.1. The molecule has 4 heteroatoms. The smallest absolute Gasteiger partial charge is 0.233 e. The Morgan fingerprint density at radius 3 is 2.55 bits per heavy atom. The first-order chi connectivity index (χ1) is 14.0. The van der Waals surface area contributed by atoms with E-state index in [1.54, 1.807) is 0 Å². The third-order valence-corrected chi connectivity index (χ3v) is 5.80. The summed E-state index contributed by atoms with van der Waals surface area (Å²) in [5, 5.41) is 14.4. The molecule has 0 radical (unpaired) electrons. The second-order valence-corrected chi connectivity index (χ2v) is 8.08. The number of aliphatic hydroxyl groups is 1. The van der Waals surface area contributed by atoms with E-state index in [1.807, 2.05) is 43.3 Å². The second kappa shape index (κ2) is 9.73. The van der Waals surface area contributed by atoms with Crippen LogP contribution in [0.5, 0.6) is 0 Å². The summed E-state index contributed by atoms with van der Waals surface area (Å²) in [5.74, 6) is -1.21. The van der Waals surface area contributed by atoms with Crippen LogP contribution < -0.4 is 5.32 Å². The normalized spacial score (nSPS) is 20.2. The maximum Gasteiger partial charge on any atom is 0.233 e. The molecule has 2 aliphatic rings. The number of carbonyl (C=O) groups excluding carboxylic acids is 2. The van der Waals surface area contributed by atoms with Gasteiger partial charge in [-0.05, 0) is 44.6 Å². The molecule has 3 rings (SSSR count). The van der Waals surface area contributed by atoms with Crippen LogP contribution in [0.4, 0.5) is 0 Å². The number of ketones is 2. The number of rotatable bonds is 8. The number of unbranched alkanes of at least 4 members (excludes halogenated alkanes) is 2. The molecule has 1 unspecified atom stereocenters. The summed E-state index contributed by atoms with van der Waals surface area (Å²) in [6, 6.07) is 9.86. The molecule has 2 aliphatic carbocycles. The van der Waals surface area contributed by atoms with Gasteiger partial charge in [0.1, 0.15) is 5.76 Å². The number of allylic oxidation sites excluding steroid dienone is 4. The highest BCUT2D eigenvalue weighted by Gasteiger charge is 2.38. The van der Waals surface area contributed by atoms with Crippen LogP contribution in [-0.4, -0.2) is 16.7 Å². The van der Waals surface area contributed by atoms with Crippen molar-refractivity contribution in [2.75, 3.05) is 0 Å². The second-order valence-electron chi connectivity index (χ2n) is 8.08. The summed E-state index contributed by atoms with van der Waals surface area (Å²) >= 11 is 0. The van der Waals surface area contributed by atoms with Gasteiger partial charge in [0.25, 0.3) is 0 Å². The van der Waals surface area contributed by atoms with Crippen molar-refractivity contribution in [2.45, 2.75) is 65.3 Å². The fourth-order valence-electron chi connectivity index (χ4n) is 4.21. The van der Waals surface area contributed by atoms with E-state index in [2.05, 4.69) is 12.2 Å². The van der Waals surface area contributed by atoms with Gasteiger partial charge >= 0.3 is 0 Å². The Hall–Kier alpha value is -2.62. The summed E-state index contributed by atoms with van der Waals surface area (Å²) in [5.41, 5.74) is 3.40. The van der Waals surface area contributed by atoms with Crippen molar-refractivity contribution in [1.29, 1.82) is 0 Å². The maximum atomic E-state index is 13.0. The van der Waals surface area contributed by atoms with E-state index in [0.717, 1.165) is 44.1 Å². The van der Waals surface area contributed by atoms with Crippen LogP contribution in [0.25, 0.3) is 0 Å². The Labute approximate surface area is 173 Å². The average molecular weight is 394 g/mol. The molecule has 0 heterocycles. The number of Topliss-reactive ketones (excluding diaryl/α,β-unsaturated/α-hetero) is 2. The lowest BCUT2D eigenvalue weighted by Gasteiger charge is -2.28. The van der Waals surface area contributed by atoms with Gasteiger partial charge in [0.2, 0.25) is 11.6 Å². The zero-order chi connectivity index (χ0) is 20.8. The van der Waals surface area contributed by atoms with E-state index in [1.165, 1.54) is 5.57 Å². The highest BCUT2D eigenvalue weighted by molar-refractivity contribution is 6.50. The van der Waals surface area contributed by atoms with Gasteiger partial charge in [-0.25, -0.2) is 0 Å². The van der Waals surface area contributed by atoms with Crippen LogP contribution in [0.1, 0.15) is 64.4 Å². The number of nitrogens with one attached hydrogen (secondary N) is 1. The van der Waals surface area contributed by atoms with Gasteiger partial charge < -0.3 is 10.4 Å². The summed E-state index contributed by atoms with van der Waals surface area (Å²) in [6.07, 6.45) is 8.14.